The first-order chi connectivity index (χ1) is 14.5. The molecule has 0 fully saturated rings. The highest BCUT2D eigenvalue weighted by Gasteiger charge is 2.28. The number of H-pyrrole nitrogens is 1. The first kappa shape index (κ1) is 21.7. The van der Waals surface area contributed by atoms with E-state index < -0.39 is 17.8 Å². The van der Waals surface area contributed by atoms with Crippen LogP contribution in [-0.2, 0) is 9.47 Å². The zero-order chi connectivity index (χ0) is 21.7. The van der Waals surface area contributed by atoms with Gasteiger partial charge in [-0.1, -0.05) is 13.0 Å². The van der Waals surface area contributed by atoms with Crippen molar-refractivity contribution in [1.82, 2.24) is 10.2 Å². The summed E-state index contributed by atoms with van der Waals surface area (Å²) >= 11 is 2.50. The number of amides is 1. The lowest BCUT2D eigenvalue weighted by Crippen LogP contribution is -2.15. The van der Waals surface area contributed by atoms with Crippen LogP contribution in [0.1, 0.15) is 56.3 Å². The highest BCUT2D eigenvalue weighted by molar-refractivity contribution is 7.18. The van der Waals surface area contributed by atoms with E-state index in [4.69, 9.17) is 9.47 Å². The van der Waals surface area contributed by atoms with Crippen molar-refractivity contribution in [3.05, 3.63) is 45.3 Å². The van der Waals surface area contributed by atoms with Crippen molar-refractivity contribution in [3.8, 4) is 10.6 Å². The van der Waals surface area contributed by atoms with E-state index in [0.717, 1.165) is 16.2 Å². The van der Waals surface area contributed by atoms with Gasteiger partial charge in [0.1, 0.15) is 9.88 Å². The van der Waals surface area contributed by atoms with E-state index in [1.54, 1.807) is 19.9 Å². The zero-order valence-corrected chi connectivity index (χ0v) is 18.4. The molecule has 0 atom stereocenters. The lowest BCUT2D eigenvalue weighted by molar-refractivity contribution is 0.0506. The Morgan fingerprint density at radius 2 is 2.00 bits per heavy atom. The summed E-state index contributed by atoms with van der Waals surface area (Å²) in [5, 5.41) is 11.7. The number of anilines is 1. The van der Waals surface area contributed by atoms with Crippen LogP contribution in [-0.4, -0.2) is 41.3 Å². The van der Waals surface area contributed by atoms with Crippen LogP contribution in [0, 0.1) is 6.92 Å². The van der Waals surface area contributed by atoms with Crippen molar-refractivity contribution in [1.29, 1.82) is 0 Å². The standard InChI is InChI=1S/C20H21N3O5S2/c1-4-8-28-19(25)15-11(3)16(20(26)27-5-2)30-18(15)21-17(24)13-10-12(22-23-13)14-7-6-9-29-14/h6-7,9-10H,4-5,8H2,1-3H3,(H,21,24)(H,22,23). The molecule has 0 unspecified atom stereocenters. The number of carbonyl (C=O) groups is 3. The quantitative estimate of drug-likeness (QED) is 0.492. The van der Waals surface area contributed by atoms with Gasteiger partial charge in [-0.25, -0.2) is 9.59 Å². The molecule has 0 aliphatic carbocycles. The number of carbonyl (C=O) groups excluding carboxylic acids is 3. The number of esters is 2. The van der Waals surface area contributed by atoms with Gasteiger partial charge in [-0.05, 0) is 43.3 Å². The van der Waals surface area contributed by atoms with E-state index in [2.05, 4.69) is 15.5 Å². The predicted molar refractivity (Wildman–Crippen MR) is 115 cm³/mol. The summed E-state index contributed by atoms with van der Waals surface area (Å²) in [6.07, 6.45) is 0.653. The highest BCUT2D eigenvalue weighted by Crippen LogP contribution is 2.35. The molecule has 0 aromatic carbocycles. The van der Waals surface area contributed by atoms with Gasteiger partial charge in [0, 0.05) is 0 Å². The molecule has 3 aromatic heterocycles. The molecule has 158 valence electrons. The molecule has 1 amide bonds. The number of thiophene rings is 2. The van der Waals surface area contributed by atoms with Gasteiger partial charge in [-0.3, -0.25) is 9.89 Å². The molecule has 0 bridgehead atoms. The van der Waals surface area contributed by atoms with Crippen molar-refractivity contribution in [2.24, 2.45) is 0 Å². The van der Waals surface area contributed by atoms with Crippen LogP contribution in [0.25, 0.3) is 10.6 Å². The molecular formula is C20H21N3O5S2. The fourth-order valence-electron chi connectivity index (χ4n) is 2.67. The van der Waals surface area contributed by atoms with Crippen LogP contribution in [0.5, 0.6) is 0 Å². The summed E-state index contributed by atoms with van der Waals surface area (Å²) in [6, 6.07) is 5.44. The number of nitrogens with zero attached hydrogens (tertiary/aromatic N) is 1. The SMILES string of the molecule is CCCOC(=O)c1c(NC(=O)c2cc(-c3cccs3)[nH]n2)sc(C(=O)OCC)c1C. The second-order valence-electron chi connectivity index (χ2n) is 6.21. The fourth-order valence-corrected chi connectivity index (χ4v) is 4.45. The Hall–Kier alpha value is -2.98. The topological polar surface area (TPSA) is 110 Å². The third kappa shape index (κ3) is 4.60. The van der Waals surface area contributed by atoms with Gasteiger partial charge in [0.05, 0.1) is 29.3 Å². The maximum Gasteiger partial charge on any atom is 0.348 e. The molecule has 8 nitrogen and oxygen atoms in total. The number of hydrogen-bond acceptors (Lipinski definition) is 8. The second-order valence-corrected chi connectivity index (χ2v) is 8.18. The average molecular weight is 448 g/mol. The van der Waals surface area contributed by atoms with Gasteiger partial charge in [0.25, 0.3) is 5.91 Å². The molecule has 30 heavy (non-hydrogen) atoms. The zero-order valence-electron chi connectivity index (χ0n) is 16.7. The maximum atomic E-state index is 12.8. The third-order valence-corrected chi connectivity index (χ3v) is 6.16. The number of aromatic nitrogens is 2. The van der Waals surface area contributed by atoms with Gasteiger partial charge < -0.3 is 14.8 Å². The van der Waals surface area contributed by atoms with Crippen LogP contribution in [0.4, 0.5) is 5.00 Å². The Kier molecular flexibility index (Phi) is 7.01. The summed E-state index contributed by atoms with van der Waals surface area (Å²) in [7, 11) is 0. The van der Waals surface area contributed by atoms with Crippen molar-refractivity contribution < 1.29 is 23.9 Å². The minimum Gasteiger partial charge on any atom is -0.462 e. The van der Waals surface area contributed by atoms with Crippen molar-refractivity contribution >= 4 is 45.5 Å². The Balaban J connectivity index is 1.89. The molecule has 0 radical (unpaired) electrons. The predicted octanol–water partition coefficient (Wildman–Crippen LogP) is 4.50. The first-order valence-corrected chi connectivity index (χ1v) is 11.0. The third-order valence-electron chi connectivity index (χ3n) is 4.07. The molecule has 0 aliphatic heterocycles. The summed E-state index contributed by atoms with van der Waals surface area (Å²) in [6.45, 7) is 5.64. The van der Waals surface area contributed by atoms with Crippen molar-refractivity contribution in [3.63, 3.8) is 0 Å². The Bertz CT molecular complexity index is 1050. The highest BCUT2D eigenvalue weighted by atomic mass is 32.1. The number of nitrogens with one attached hydrogen (secondary N) is 2. The lowest BCUT2D eigenvalue weighted by atomic mass is 10.1. The summed E-state index contributed by atoms with van der Waals surface area (Å²) in [5.41, 5.74) is 1.44. The van der Waals surface area contributed by atoms with Crippen LogP contribution >= 0.6 is 22.7 Å². The molecule has 2 N–H and O–H groups in total. The van der Waals surface area contributed by atoms with Crippen LogP contribution < -0.4 is 5.32 Å². The minimum atomic E-state index is -0.599. The Labute approximate surface area is 181 Å². The second kappa shape index (κ2) is 9.68. The number of aromatic amines is 1. The Morgan fingerprint density at radius 1 is 1.20 bits per heavy atom. The van der Waals surface area contributed by atoms with Crippen LogP contribution in [0.15, 0.2) is 23.6 Å². The molecular weight excluding hydrogens is 426 g/mol. The van der Waals surface area contributed by atoms with Crippen molar-refractivity contribution in [2.45, 2.75) is 27.2 Å². The molecule has 3 aromatic rings. The van der Waals surface area contributed by atoms with E-state index >= 15 is 0 Å². The van der Waals surface area contributed by atoms with E-state index in [1.807, 2.05) is 24.4 Å². The molecule has 10 heteroatoms. The normalized spacial score (nSPS) is 10.6. The number of rotatable bonds is 8. The van der Waals surface area contributed by atoms with E-state index in [1.165, 1.54) is 11.3 Å². The molecule has 3 heterocycles. The van der Waals surface area contributed by atoms with Crippen LogP contribution in [0.3, 0.4) is 0 Å². The fraction of sp³-hybridized carbons (Fsp3) is 0.300. The van der Waals surface area contributed by atoms with Gasteiger partial charge in [0.15, 0.2) is 5.69 Å². The van der Waals surface area contributed by atoms with Crippen molar-refractivity contribution in [2.75, 3.05) is 18.5 Å². The summed E-state index contributed by atoms with van der Waals surface area (Å²) in [5.74, 6) is -1.65. The van der Waals surface area contributed by atoms with Gasteiger partial charge in [-0.15, -0.1) is 22.7 Å². The molecule has 0 saturated heterocycles. The summed E-state index contributed by atoms with van der Waals surface area (Å²) in [4.78, 5) is 38.8. The number of hydrogen-bond donors (Lipinski definition) is 2. The van der Waals surface area contributed by atoms with Gasteiger partial charge >= 0.3 is 11.9 Å². The monoisotopic (exact) mass is 447 g/mol. The van der Waals surface area contributed by atoms with Crippen LogP contribution in [0.2, 0.25) is 0 Å². The largest absolute Gasteiger partial charge is 0.462 e. The summed E-state index contributed by atoms with van der Waals surface area (Å²) < 4.78 is 10.3. The Morgan fingerprint density at radius 3 is 2.67 bits per heavy atom. The molecule has 0 saturated carbocycles. The molecule has 0 spiro atoms. The minimum absolute atomic E-state index is 0.152. The van der Waals surface area contributed by atoms with Gasteiger partial charge in [-0.2, -0.15) is 5.10 Å². The van der Waals surface area contributed by atoms with E-state index in [9.17, 15) is 14.4 Å². The van der Waals surface area contributed by atoms with E-state index in [0.29, 0.717) is 17.7 Å². The average Bonchev–Trinajstić information content (AvgIpc) is 3.46. The van der Waals surface area contributed by atoms with Gasteiger partial charge in [0.2, 0.25) is 0 Å². The molecule has 3 rings (SSSR count). The molecule has 0 aliphatic rings. The van der Waals surface area contributed by atoms with E-state index in [-0.39, 0.29) is 34.3 Å². The lowest BCUT2D eigenvalue weighted by Gasteiger charge is -2.06. The maximum absolute atomic E-state index is 12.8. The first-order valence-electron chi connectivity index (χ1n) is 9.34. The number of ether oxygens (including phenoxy) is 2. The smallest absolute Gasteiger partial charge is 0.348 e.